The molecule has 2 rings (SSSR count). The Balaban J connectivity index is 1.81. The monoisotopic (exact) mass is 305 g/mol. The van der Waals surface area contributed by atoms with Crippen LogP contribution in [0.15, 0.2) is 59.6 Å². The summed E-state index contributed by atoms with van der Waals surface area (Å²) in [5.74, 6) is -0.338. The molecule has 0 saturated carbocycles. The van der Waals surface area contributed by atoms with Gasteiger partial charge in [-0.15, -0.1) is 0 Å². The summed E-state index contributed by atoms with van der Waals surface area (Å²) in [6, 6.07) is 13.1. The van der Waals surface area contributed by atoms with Crippen LogP contribution in [-0.4, -0.2) is 32.4 Å². The van der Waals surface area contributed by atoms with Gasteiger partial charge in [-0.2, -0.15) is 0 Å². The first-order valence-corrected chi connectivity index (χ1v) is 7.82. The lowest BCUT2D eigenvalue weighted by Gasteiger charge is -2.07. The fourth-order valence-corrected chi connectivity index (χ4v) is 2.68. The molecule has 0 spiro atoms. The molecule has 2 aromatic rings. The summed E-state index contributed by atoms with van der Waals surface area (Å²) in [4.78, 5) is 15.8. The Morgan fingerprint density at radius 3 is 2.38 bits per heavy atom. The van der Waals surface area contributed by atoms with E-state index in [1.807, 2.05) is 0 Å². The highest BCUT2D eigenvalue weighted by molar-refractivity contribution is 7.89. The van der Waals surface area contributed by atoms with Crippen molar-refractivity contribution < 1.29 is 13.2 Å². The fraction of sp³-hybridized carbons (Fsp3) is 0.143. The van der Waals surface area contributed by atoms with Crippen molar-refractivity contribution in [2.45, 2.75) is 4.90 Å². The van der Waals surface area contributed by atoms with Crippen LogP contribution in [0, 0.1) is 0 Å². The van der Waals surface area contributed by atoms with Crippen molar-refractivity contribution in [2.24, 2.45) is 0 Å². The Bertz CT molecular complexity index is 688. The molecule has 21 heavy (non-hydrogen) atoms. The predicted octanol–water partition coefficient (Wildman–Crippen LogP) is 0.790. The van der Waals surface area contributed by atoms with Gasteiger partial charge in [0.05, 0.1) is 4.90 Å². The number of hydrogen-bond acceptors (Lipinski definition) is 4. The zero-order valence-corrected chi connectivity index (χ0v) is 12.0. The predicted molar refractivity (Wildman–Crippen MR) is 78.2 cm³/mol. The Labute approximate surface area is 123 Å². The quantitative estimate of drug-likeness (QED) is 0.772. The second kappa shape index (κ2) is 6.96. The van der Waals surface area contributed by atoms with Gasteiger partial charge in [0, 0.05) is 19.3 Å². The van der Waals surface area contributed by atoms with Gasteiger partial charge >= 0.3 is 0 Å². The Kier molecular flexibility index (Phi) is 5.02. The largest absolute Gasteiger partial charge is 0.349 e. The lowest BCUT2D eigenvalue weighted by molar-refractivity contribution is 0.0949. The number of carbonyl (C=O) groups is 1. The van der Waals surface area contributed by atoms with Gasteiger partial charge in [-0.3, -0.25) is 9.78 Å². The minimum absolute atomic E-state index is 0.107. The maximum Gasteiger partial charge on any atom is 0.269 e. The van der Waals surface area contributed by atoms with Crippen molar-refractivity contribution in [1.82, 2.24) is 15.0 Å². The van der Waals surface area contributed by atoms with Crippen molar-refractivity contribution in [3.05, 3.63) is 60.4 Å². The van der Waals surface area contributed by atoms with E-state index in [2.05, 4.69) is 15.0 Å². The van der Waals surface area contributed by atoms with Gasteiger partial charge in [0.2, 0.25) is 10.0 Å². The molecule has 0 saturated heterocycles. The number of sulfonamides is 1. The number of benzene rings is 1. The van der Waals surface area contributed by atoms with Crippen LogP contribution < -0.4 is 10.0 Å². The van der Waals surface area contributed by atoms with E-state index in [-0.39, 0.29) is 23.9 Å². The van der Waals surface area contributed by atoms with Gasteiger partial charge in [0.25, 0.3) is 5.91 Å². The number of aromatic nitrogens is 1. The number of amides is 1. The smallest absolute Gasteiger partial charge is 0.269 e. The number of nitrogens with zero attached hydrogens (tertiary/aromatic N) is 1. The fourth-order valence-electron chi connectivity index (χ4n) is 1.63. The van der Waals surface area contributed by atoms with E-state index in [0.29, 0.717) is 5.69 Å². The Morgan fingerprint density at radius 2 is 1.71 bits per heavy atom. The van der Waals surface area contributed by atoms with Crippen molar-refractivity contribution in [3.63, 3.8) is 0 Å². The summed E-state index contributed by atoms with van der Waals surface area (Å²) in [6.45, 7) is 0.289. The van der Waals surface area contributed by atoms with Crippen LogP contribution >= 0.6 is 0 Å². The number of carbonyl (C=O) groups excluding carboxylic acids is 1. The molecule has 0 aliphatic rings. The normalized spacial score (nSPS) is 11.0. The van der Waals surface area contributed by atoms with E-state index < -0.39 is 10.0 Å². The number of nitrogens with one attached hydrogen (secondary N) is 2. The highest BCUT2D eigenvalue weighted by atomic mass is 32.2. The van der Waals surface area contributed by atoms with E-state index in [4.69, 9.17) is 0 Å². The second-order valence-corrected chi connectivity index (χ2v) is 5.95. The summed E-state index contributed by atoms with van der Waals surface area (Å²) in [5, 5.41) is 2.59. The Hall–Kier alpha value is -2.25. The van der Waals surface area contributed by atoms with Crippen LogP contribution in [0.1, 0.15) is 10.5 Å². The molecule has 1 aromatic heterocycles. The average Bonchev–Trinajstić information content (AvgIpc) is 2.53. The van der Waals surface area contributed by atoms with E-state index in [9.17, 15) is 13.2 Å². The summed E-state index contributed by atoms with van der Waals surface area (Å²) in [7, 11) is -3.54. The topological polar surface area (TPSA) is 88.2 Å². The minimum Gasteiger partial charge on any atom is -0.349 e. The molecule has 1 amide bonds. The minimum atomic E-state index is -3.54. The first-order valence-electron chi connectivity index (χ1n) is 6.33. The molecule has 1 aromatic carbocycles. The van der Waals surface area contributed by atoms with Gasteiger partial charge in [-0.1, -0.05) is 24.3 Å². The molecule has 0 bridgehead atoms. The summed E-state index contributed by atoms with van der Waals surface area (Å²) < 4.78 is 26.2. The van der Waals surface area contributed by atoms with E-state index in [1.54, 1.807) is 36.4 Å². The molecule has 1 heterocycles. The molecule has 0 atom stereocenters. The molecular formula is C14H15N3O3S. The van der Waals surface area contributed by atoms with Gasteiger partial charge in [-0.25, -0.2) is 13.1 Å². The molecule has 0 aliphatic heterocycles. The lowest BCUT2D eigenvalue weighted by atomic mass is 10.3. The van der Waals surface area contributed by atoms with Crippen LogP contribution in [0.2, 0.25) is 0 Å². The van der Waals surface area contributed by atoms with Crippen LogP contribution in [0.5, 0.6) is 0 Å². The highest BCUT2D eigenvalue weighted by Gasteiger charge is 2.12. The standard InChI is InChI=1S/C14H15N3O3S/c18-14(13-8-4-5-9-15-13)16-10-11-17-21(19,20)12-6-2-1-3-7-12/h1-9,17H,10-11H2,(H,16,18). The Morgan fingerprint density at radius 1 is 1.00 bits per heavy atom. The number of hydrogen-bond donors (Lipinski definition) is 2. The highest BCUT2D eigenvalue weighted by Crippen LogP contribution is 2.06. The van der Waals surface area contributed by atoms with Gasteiger partial charge < -0.3 is 5.32 Å². The van der Waals surface area contributed by atoms with Crippen molar-refractivity contribution in [1.29, 1.82) is 0 Å². The number of pyridine rings is 1. The van der Waals surface area contributed by atoms with Crippen LogP contribution in [0.3, 0.4) is 0 Å². The van der Waals surface area contributed by atoms with Crippen molar-refractivity contribution in [3.8, 4) is 0 Å². The molecule has 0 unspecified atom stereocenters. The zero-order chi connectivity index (χ0) is 15.1. The van der Waals surface area contributed by atoms with Crippen LogP contribution in [-0.2, 0) is 10.0 Å². The third-order valence-electron chi connectivity index (χ3n) is 2.65. The van der Waals surface area contributed by atoms with Gasteiger partial charge in [0.1, 0.15) is 5.69 Å². The molecule has 0 fully saturated rings. The number of rotatable bonds is 6. The summed E-state index contributed by atoms with van der Waals surface area (Å²) >= 11 is 0. The SMILES string of the molecule is O=C(NCCNS(=O)(=O)c1ccccc1)c1ccccn1. The third-order valence-corrected chi connectivity index (χ3v) is 4.13. The van der Waals surface area contributed by atoms with Crippen molar-refractivity contribution >= 4 is 15.9 Å². The molecular weight excluding hydrogens is 290 g/mol. The van der Waals surface area contributed by atoms with E-state index in [1.165, 1.54) is 18.3 Å². The first kappa shape index (κ1) is 15.1. The molecule has 0 radical (unpaired) electrons. The lowest BCUT2D eigenvalue weighted by Crippen LogP contribution is -2.34. The van der Waals surface area contributed by atoms with Crippen LogP contribution in [0.25, 0.3) is 0 Å². The summed E-state index contributed by atoms with van der Waals surface area (Å²) in [5.41, 5.74) is 0.295. The molecule has 2 N–H and O–H groups in total. The van der Waals surface area contributed by atoms with Gasteiger partial charge in [-0.05, 0) is 24.3 Å². The van der Waals surface area contributed by atoms with Crippen molar-refractivity contribution in [2.75, 3.05) is 13.1 Å². The molecule has 6 nitrogen and oxygen atoms in total. The average molecular weight is 305 g/mol. The molecule has 0 aliphatic carbocycles. The molecule has 7 heteroatoms. The van der Waals surface area contributed by atoms with E-state index in [0.717, 1.165) is 0 Å². The van der Waals surface area contributed by atoms with E-state index >= 15 is 0 Å². The van der Waals surface area contributed by atoms with Crippen LogP contribution in [0.4, 0.5) is 0 Å². The third kappa shape index (κ3) is 4.37. The maximum absolute atomic E-state index is 11.9. The zero-order valence-electron chi connectivity index (χ0n) is 11.2. The van der Waals surface area contributed by atoms with Gasteiger partial charge in [0.15, 0.2) is 0 Å². The maximum atomic E-state index is 11.9. The second-order valence-electron chi connectivity index (χ2n) is 4.18. The first-order chi connectivity index (χ1) is 10.1. The summed E-state index contributed by atoms with van der Waals surface area (Å²) in [6.07, 6.45) is 1.52. The molecule has 110 valence electrons.